The van der Waals surface area contributed by atoms with Gasteiger partial charge in [0.15, 0.2) is 12.4 Å². The molecule has 2 atom stereocenters. The van der Waals surface area contributed by atoms with Crippen LogP contribution in [0.2, 0.25) is 0 Å². The number of anilines is 1. The van der Waals surface area contributed by atoms with Crippen molar-refractivity contribution < 1.29 is 9.69 Å². The van der Waals surface area contributed by atoms with Gasteiger partial charge in [0.2, 0.25) is 0 Å². The first-order chi connectivity index (χ1) is 14.4. The van der Waals surface area contributed by atoms with Crippen molar-refractivity contribution in [1.82, 2.24) is 9.97 Å². The first-order valence-electron chi connectivity index (χ1n) is 10.1. The van der Waals surface area contributed by atoms with E-state index in [9.17, 15) is 14.9 Å². The quantitative estimate of drug-likeness (QED) is 0.581. The summed E-state index contributed by atoms with van der Waals surface area (Å²) in [5.74, 6) is 1.000. The van der Waals surface area contributed by atoms with Gasteiger partial charge < -0.3 is 15.2 Å². The van der Waals surface area contributed by atoms with Gasteiger partial charge in [-0.3, -0.25) is 9.59 Å². The number of hydrogen-bond acceptors (Lipinski definition) is 5. The minimum atomic E-state index is -0.176. The SMILES string of the molecule is C[C@H]1CCc2c(sc(NC(=O)C[NH+](C)Cc3nc4ccccc4c(=O)[nH]3)c2C#N)C1. The number of rotatable bonds is 5. The predicted octanol–water partition coefficient (Wildman–Crippen LogP) is 1.63. The lowest BCUT2D eigenvalue weighted by atomic mass is 9.89. The number of quaternary nitrogens is 1. The molecule has 0 saturated carbocycles. The molecule has 8 heteroatoms. The van der Waals surface area contributed by atoms with Crippen molar-refractivity contribution in [1.29, 1.82) is 5.26 Å². The highest BCUT2D eigenvalue weighted by atomic mass is 32.1. The summed E-state index contributed by atoms with van der Waals surface area (Å²) in [5.41, 5.74) is 2.19. The molecule has 1 aliphatic rings. The Balaban J connectivity index is 1.44. The standard InChI is InChI=1S/C22H23N5O2S/c1-13-7-8-14-16(10-23)22(30-18(14)9-13)26-20(28)12-27(2)11-19-24-17-6-4-3-5-15(17)21(29)25-19/h3-6,13H,7-9,11-12H2,1-2H3,(H,26,28)(H,24,25,29)/p+1/t13-/m0/s1. The number of thiophene rings is 1. The number of H-pyrrole nitrogens is 1. The lowest BCUT2D eigenvalue weighted by Gasteiger charge is -2.17. The van der Waals surface area contributed by atoms with E-state index in [1.54, 1.807) is 18.2 Å². The zero-order valence-corrected chi connectivity index (χ0v) is 17.9. The number of fused-ring (bicyclic) bond motifs is 2. The van der Waals surface area contributed by atoms with Gasteiger partial charge in [0.25, 0.3) is 11.5 Å². The molecule has 1 aromatic carbocycles. The number of aromatic amines is 1. The molecule has 2 aromatic heterocycles. The number of aromatic nitrogens is 2. The van der Waals surface area contributed by atoms with Crippen molar-refractivity contribution >= 4 is 33.1 Å². The van der Waals surface area contributed by atoms with Crippen molar-refractivity contribution in [2.24, 2.45) is 5.92 Å². The number of para-hydroxylation sites is 1. The Labute approximate surface area is 178 Å². The van der Waals surface area contributed by atoms with E-state index in [0.717, 1.165) is 29.7 Å². The van der Waals surface area contributed by atoms with Crippen molar-refractivity contribution in [2.45, 2.75) is 32.7 Å². The molecular weight excluding hydrogens is 398 g/mol. The molecule has 2 heterocycles. The lowest BCUT2D eigenvalue weighted by Crippen LogP contribution is -3.08. The summed E-state index contributed by atoms with van der Waals surface area (Å²) in [6, 6.07) is 9.47. The van der Waals surface area contributed by atoms with E-state index in [4.69, 9.17) is 0 Å². The summed E-state index contributed by atoms with van der Waals surface area (Å²) >= 11 is 1.53. The van der Waals surface area contributed by atoms with Gasteiger partial charge in [-0.1, -0.05) is 19.1 Å². The highest BCUT2D eigenvalue weighted by Crippen LogP contribution is 2.39. The normalized spacial score (nSPS) is 16.6. The van der Waals surface area contributed by atoms with Crippen molar-refractivity contribution in [3.63, 3.8) is 0 Å². The number of carbonyl (C=O) groups excluding carboxylic acids is 1. The second kappa shape index (κ2) is 8.38. The maximum atomic E-state index is 12.6. The third kappa shape index (κ3) is 4.13. The van der Waals surface area contributed by atoms with Crippen molar-refractivity contribution in [3.8, 4) is 6.07 Å². The van der Waals surface area contributed by atoms with Crippen LogP contribution in [0, 0.1) is 17.2 Å². The molecule has 3 N–H and O–H groups in total. The number of nitrogens with zero attached hydrogens (tertiary/aromatic N) is 2. The highest BCUT2D eigenvalue weighted by molar-refractivity contribution is 7.16. The fraction of sp³-hybridized carbons (Fsp3) is 0.364. The second-order valence-corrected chi connectivity index (χ2v) is 9.16. The summed E-state index contributed by atoms with van der Waals surface area (Å²) in [5, 5.41) is 13.7. The maximum absolute atomic E-state index is 12.6. The number of nitrogens with one attached hydrogen (secondary N) is 3. The third-order valence-electron chi connectivity index (χ3n) is 5.47. The van der Waals surface area contributed by atoms with Crippen LogP contribution in [-0.2, 0) is 24.2 Å². The van der Waals surface area contributed by atoms with Crippen LogP contribution in [0.5, 0.6) is 0 Å². The van der Waals surface area contributed by atoms with Crippen LogP contribution < -0.4 is 15.8 Å². The molecule has 0 aliphatic heterocycles. The second-order valence-electron chi connectivity index (χ2n) is 8.06. The summed E-state index contributed by atoms with van der Waals surface area (Å²) < 4.78 is 0. The van der Waals surface area contributed by atoms with Gasteiger partial charge in [-0.15, -0.1) is 11.3 Å². The van der Waals surface area contributed by atoms with Crippen LogP contribution in [0.3, 0.4) is 0 Å². The zero-order valence-electron chi connectivity index (χ0n) is 17.0. The average Bonchev–Trinajstić information content (AvgIpc) is 3.03. The first kappa shape index (κ1) is 20.3. The molecule has 1 aliphatic carbocycles. The van der Waals surface area contributed by atoms with E-state index < -0.39 is 0 Å². The molecular formula is C22H24N5O2S+. The van der Waals surface area contributed by atoms with E-state index in [1.807, 2.05) is 13.1 Å². The summed E-state index contributed by atoms with van der Waals surface area (Å²) in [6.07, 6.45) is 2.95. The van der Waals surface area contributed by atoms with Gasteiger partial charge in [-0.05, 0) is 42.9 Å². The molecule has 1 unspecified atom stereocenters. The smallest absolute Gasteiger partial charge is 0.280 e. The topological polar surface area (TPSA) is 103 Å². The van der Waals surface area contributed by atoms with E-state index in [-0.39, 0.29) is 18.0 Å². The fourth-order valence-electron chi connectivity index (χ4n) is 3.97. The van der Waals surface area contributed by atoms with Crippen LogP contribution in [0.15, 0.2) is 29.1 Å². The minimum Gasteiger partial charge on any atom is -0.323 e. The van der Waals surface area contributed by atoms with E-state index in [2.05, 4.69) is 28.3 Å². The number of likely N-dealkylation sites (N-methyl/N-ethyl adjacent to an activating group) is 1. The molecule has 0 radical (unpaired) electrons. The Morgan fingerprint density at radius 2 is 2.23 bits per heavy atom. The monoisotopic (exact) mass is 422 g/mol. The molecule has 7 nitrogen and oxygen atoms in total. The van der Waals surface area contributed by atoms with Crippen LogP contribution in [0.1, 0.15) is 35.2 Å². The van der Waals surface area contributed by atoms with Crippen LogP contribution in [-0.4, -0.2) is 29.5 Å². The molecule has 1 amide bonds. The summed E-state index contributed by atoms with van der Waals surface area (Å²) in [7, 11) is 1.88. The molecule has 0 spiro atoms. The molecule has 4 rings (SSSR count). The van der Waals surface area contributed by atoms with Gasteiger partial charge in [0.05, 0.1) is 23.5 Å². The third-order valence-corrected chi connectivity index (χ3v) is 6.64. The highest BCUT2D eigenvalue weighted by Gasteiger charge is 2.25. The molecule has 3 aromatic rings. The van der Waals surface area contributed by atoms with Gasteiger partial charge in [-0.25, -0.2) is 4.98 Å². The molecule has 0 fully saturated rings. The van der Waals surface area contributed by atoms with Crippen LogP contribution in [0.25, 0.3) is 10.9 Å². The minimum absolute atomic E-state index is 0.154. The van der Waals surface area contributed by atoms with E-state index in [0.29, 0.717) is 39.8 Å². The largest absolute Gasteiger partial charge is 0.323 e. The predicted molar refractivity (Wildman–Crippen MR) is 117 cm³/mol. The first-order valence-corrected chi connectivity index (χ1v) is 10.9. The Morgan fingerprint density at radius 3 is 3.03 bits per heavy atom. The van der Waals surface area contributed by atoms with Crippen molar-refractivity contribution in [3.05, 3.63) is 56.4 Å². The van der Waals surface area contributed by atoms with Crippen molar-refractivity contribution in [2.75, 3.05) is 18.9 Å². The summed E-state index contributed by atoms with van der Waals surface area (Å²) in [4.78, 5) is 34.2. The number of hydrogen-bond donors (Lipinski definition) is 3. The Bertz CT molecular complexity index is 1210. The Hall–Kier alpha value is -3.02. The molecule has 0 bridgehead atoms. The zero-order chi connectivity index (χ0) is 21.3. The van der Waals surface area contributed by atoms with Gasteiger partial charge in [0.1, 0.15) is 17.6 Å². The van der Waals surface area contributed by atoms with Gasteiger partial charge in [0, 0.05) is 4.88 Å². The fourth-order valence-corrected chi connectivity index (χ4v) is 5.35. The summed E-state index contributed by atoms with van der Waals surface area (Å²) in [6.45, 7) is 2.84. The lowest BCUT2D eigenvalue weighted by molar-refractivity contribution is -0.885. The van der Waals surface area contributed by atoms with Crippen LogP contribution in [0.4, 0.5) is 5.00 Å². The average molecular weight is 423 g/mol. The molecule has 30 heavy (non-hydrogen) atoms. The van der Waals surface area contributed by atoms with E-state index in [1.165, 1.54) is 16.2 Å². The van der Waals surface area contributed by atoms with Gasteiger partial charge in [-0.2, -0.15) is 5.26 Å². The Morgan fingerprint density at radius 1 is 1.43 bits per heavy atom. The number of amides is 1. The van der Waals surface area contributed by atoms with E-state index >= 15 is 0 Å². The maximum Gasteiger partial charge on any atom is 0.280 e. The Kier molecular flexibility index (Phi) is 5.66. The number of nitriles is 1. The van der Waals surface area contributed by atoms with Gasteiger partial charge >= 0.3 is 0 Å². The molecule has 0 saturated heterocycles. The number of benzene rings is 1. The number of carbonyl (C=O) groups is 1. The van der Waals surface area contributed by atoms with Crippen LogP contribution >= 0.6 is 11.3 Å². The molecule has 154 valence electrons.